The Kier molecular flexibility index (Phi) is 4.34. The molecule has 0 aromatic carbocycles. The van der Waals surface area contributed by atoms with Gasteiger partial charge in [0.1, 0.15) is 11.6 Å². The molecule has 0 saturated heterocycles. The zero-order valence-corrected chi connectivity index (χ0v) is 11.8. The van der Waals surface area contributed by atoms with Crippen LogP contribution in [0.15, 0.2) is 12.1 Å². The van der Waals surface area contributed by atoms with Crippen molar-refractivity contribution in [3.63, 3.8) is 0 Å². The lowest BCUT2D eigenvalue weighted by molar-refractivity contribution is 0.627. The predicted octanol–water partition coefficient (Wildman–Crippen LogP) is 1.79. The zero-order valence-electron chi connectivity index (χ0n) is 11.0. The molecule has 0 fully saturated rings. The Bertz CT molecular complexity index is 565. The van der Waals surface area contributed by atoms with E-state index in [-0.39, 0.29) is 0 Å². The van der Waals surface area contributed by atoms with Crippen molar-refractivity contribution < 1.29 is 0 Å². The molecule has 0 saturated carbocycles. The molecular formula is C12H17ClN6. The smallest absolute Gasteiger partial charge is 0.150 e. The largest absolute Gasteiger partial charge is 0.308 e. The fraction of sp³-hybridized carbons (Fsp3) is 0.417. The number of hydrazine groups is 1. The molecule has 0 atom stereocenters. The second-order valence-electron chi connectivity index (χ2n) is 4.08. The highest BCUT2D eigenvalue weighted by Crippen LogP contribution is 2.17. The molecule has 0 aliphatic rings. The number of pyridine rings is 1. The van der Waals surface area contributed by atoms with E-state index in [1.807, 2.05) is 18.5 Å². The third kappa shape index (κ3) is 3.02. The second kappa shape index (κ2) is 5.99. The van der Waals surface area contributed by atoms with E-state index in [0.29, 0.717) is 17.4 Å². The normalized spacial score (nSPS) is 10.7. The van der Waals surface area contributed by atoms with Crippen LogP contribution < -0.4 is 11.3 Å². The number of hydrogen-bond acceptors (Lipinski definition) is 5. The van der Waals surface area contributed by atoms with Gasteiger partial charge >= 0.3 is 0 Å². The lowest BCUT2D eigenvalue weighted by Gasteiger charge is -2.08. The highest BCUT2D eigenvalue weighted by Gasteiger charge is 2.11. The Morgan fingerprint density at radius 3 is 2.68 bits per heavy atom. The van der Waals surface area contributed by atoms with Gasteiger partial charge in [0.15, 0.2) is 5.82 Å². The first-order valence-electron chi connectivity index (χ1n) is 6.22. The average Bonchev–Trinajstić information content (AvgIpc) is 2.83. The van der Waals surface area contributed by atoms with Crippen LogP contribution in [-0.4, -0.2) is 19.7 Å². The zero-order chi connectivity index (χ0) is 13.8. The minimum absolute atomic E-state index is 0.491. The van der Waals surface area contributed by atoms with Crippen LogP contribution in [0, 0.1) is 0 Å². The number of rotatable bonds is 5. The summed E-state index contributed by atoms with van der Waals surface area (Å²) in [4.78, 5) is 8.80. The van der Waals surface area contributed by atoms with E-state index in [2.05, 4.69) is 20.5 Å². The minimum atomic E-state index is 0.491. The minimum Gasteiger partial charge on any atom is -0.308 e. The topological polar surface area (TPSA) is 81.7 Å². The van der Waals surface area contributed by atoms with Crippen LogP contribution in [0.25, 0.3) is 0 Å². The van der Waals surface area contributed by atoms with Crippen LogP contribution in [0.3, 0.4) is 0 Å². The molecule has 2 aromatic rings. The average molecular weight is 281 g/mol. The number of nitrogen functional groups attached to an aromatic ring is 1. The summed E-state index contributed by atoms with van der Waals surface area (Å²) in [6.45, 7) is 4.57. The van der Waals surface area contributed by atoms with E-state index in [4.69, 9.17) is 17.4 Å². The van der Waals surface area contributed by atoms with Crippen molar-refractivity contribution in [1.82, 2.24) is 19.7 Å². The molecule has 0 spiro atoms. The van der Waals surface area contributed by atoms with E-state index in [0.717, 1.165) is 30.2 Å². The number of aromatic nitrogens is 4. The Hall–Kier alpha value is -1.66. The molecule has 6 nitrogen and oxygen atoms in total. The summed E-state index contributed by atoms with van der Waals surface area (Å²) in [5, 5.41) is 5.04. The van der Waals surface area contributed by atoms with Gasteiger partial charge in [-0.25, -0.2) is 20.5 Å². The number of anilines is 1. The maximum atomic E-state index is 6.15. The lowest BCUT2D eigenvalue weighted by Crippen LogP contribution is -2.12. The molecular weight excluding hydrogens is 264 g/mol. The van der Waals surface area contributed by atoms with Gasteiger partial charge in [0.05, 0.1) is 17.3 Å². The third-order valence-corrected chi connectivity index (χ3v) is 3.13. The van der Waals surface area contributed by atoms with Crippen LogP contribution in [0.4, 0.5) is 5.82 Å². The predicted molar refractivity (Wildman–Crippen MR) is 74.9 cm³/mol. The van der Waals surface area contributed by atoms with Crippen LogP contribution in [-0.2, 0) is 19.4 Å². The number of hydrogen-bond donors (Lipinski definition) is 2. The molecule has 2 heterocycles. The molecule has 3 N–H and O–H groups in total. The van der Waals surface area contributed by atoms with Crippen molar-refractivity contribution >= 4 is 17.4 Å². The first-order chi connectivity index (χ1) is 9.17. The molecule has 2 aromatic heterocycles. The monoisotopic (exact) mass is 280 g/mol. The molecule has 102 valence electrons. The number of nitrogens with zero attached hydrogens (tertiary/aromatic N) is 4. The first kappa shape index (κ1) is 13.8. The molecule has 0 bridgehead atoms. The summed E-state index contributed by atoms with van der Waals surface area (Å²) in [7, 11) is 0. The van der Waals surface area contributed by atoms with Crippen LogP contribution >= 0.6 is 11.6 Å². The summed E-state index contributed by atoms with van der Waals surface area (Å²) in [5.41, 5.74) is 3.23. The number of nitrogens with two attached hydrogens (primary N) is 1. The van der Waals surface area contributed by atoms with Crippen molar-refractivity contribution in [3.8, 4) is 0 Å². The second-order valence-corrected chi connectivity index (χ2v) is 4.49. The number of aryl methyl sites for hydroxylation is 2. The standard InChI is InChI=1S/C12H17ClN6/c1-3-10-16-12(4-2)19(18-10)7-9-8(13)5-6-11(15-9)17-14/h5-6H,3-4,7,14H2,1-2H3,(H,15,17). The van der Waals surface area contributed by atoms with E-state index >= 15 is 0 Å². The van der Waals surface area contributed by atoms with E-state index in [9.17, 15) is 0 Å². The van der Waals surface area contributed by atoms with E-state index < -0.39 is 0 Å². The molecule has 2 rings (SSSR count). The van der Waals surface area contributed by atoms with Gasteiger partial charge in [-0.15, -0.1) is 0 Å². The van der Waals surface area contributed by atoms with Gasteiger partial charge in [0.25, 0.3) is 0 Å². The Labute approximate surface area is 117 Å². The SMILES string of the molecule is CCc1nc(CC)n(Cc2nc(NN)ccc2Cl)n1. The number of nitrogens with one attached hydrogen (secondary N) is 1. The highest BCUT2D eigenvalue weighted by molar-refractivity contribution is 6.31. The fourth-order valence-electron chi connectivity index (χ4n) is 1.78. The highest BCUT2D eigenvalue weighted by atomic mass is 35.5. The summed E-state index contributed by atoms with van der Waals surface area (Å²) in [6, 6.07) is 3.49. The summed E-state index contributed by atoms with van der Waals surface area (Å²) in [6.07, 6.45) is 1.63. The van der Waals surface area contributed by atoms with Gasteiger partial charge in [-0.1, -0.05) is 25.4 Å². The Morgan fingerprint density at radius 2 is 2.05 bits per heavy atom. The van der Waals surface area contributed by atoms with Crippen molar-refractivity contribution in [1.29, 1.82) is 0 Å². The molecule has 0 aliphatic carbocycles. The molecule has 0 radical (unpaired) electrons. The Morgan fingerprint density at radius 1 is 1.26 bits per heavy atom. The van der Waals surface area contributed by atoms with Crippen molar-refractivity contribution in [2.24, 2.45) is 5.84 Å². The van der Waals surface area contributed by atoms with Gasteiger partial charge in [-0.05, 0) is 12.1 Å². The Balaban J connectivity index is 2.32. The maximum Gasteiger partial charge on any atom is 0.150 e. The van der Waals surface area contributed by atoms with Gasteiger partial charge in [-0.2, -0.15) is 5.10 Å². The van der Waals surface area contributed by atoms with Crippen molar-refractivity contribution in [2.75, 3.05) is 5.43 Å². The summed E-state index contributed by atoms with van der Waals surface area (Å²) < 4.78 is 1.84. The van der Waals surface area contributed by atoms with Gasteiger partial charge in [0.2, 0.25) is 0 Å². The van der Waals surface area contributed by atoms with Crippen LogP contribution in [0.5, 0.6) is 0 Å². The maximum absolute atomic E-state index is 6.15. The van der Waals surface area contributed by atoms with Gasteiger partial charge in [0, 0.05) is 12.8 Å². The molecule has 0 unspecified atom stereocenters. The van der Waals surface area contributed by atoms with Crippen LogP contribution in [0.2, 0.25) is 5.02 Å². The molecule has 7 heteroatoms. The summed E-state index contributed by atoms with van der Waals surface area (Å²) >= 11 is 6.15. The van der Waals surface area contributed by atoms with Gasteiger partial charge < -0.3 is 5.43 Å². The fourth-order valence-corrected chi connectivity index (χ4v) is 1.95. The van der Waals surface area contributed by atoms with Crippen LogP contribution in [0.1, 0.15) is 31.2 Å². The van der Waals surface area contributed by atoms with E-state index in [1.165, 1.54) is 0 Å². The molecule has 0 amide bonds. The number of halogens is 1. The first-order valence-corrected chi connectivity index (χ1v) is 6.60. The molecule has 0 aliphatic heterocycles. The van der Waals surface area contributed by atoms with Crippen molar-refractivity contribution in [3.05, 3.63) is 34.5 Å². The lowest BCUT2D eigenvalue weighted by atomic mass is 10.3. The van der Waals surface area contributed by atoms with E-state index in [1.54, 1.807) is 12.1 Å². The van der Waals surface area contributed by atoms with Gasteiger partial charge in [-0.3, -0.25) is 0 Å². The van der Waals surface area contributed by atoms with Crippen molar-refractivity contribution in [2.45, 2.75) is 33.2 Å². The molecule has 19 heavy (non-hydrogen) atoms. The quantitative estimate of drug-likeness (QED) is 0.644. The summed E-state index contributed by atoms with van der Waals surface area (Å²) in [5.74, 6) is 7.70. The third-order valence-electron chi connectivity index (χ3n) is 2.79.